The highest BCUT2D eigenvalue weighted by Gasteiger charge is 2.14. The summed E-state index contributed by atoms with van der Waals surface area (Å²) in [6.45, 7) is 5.09. The van der Waals surface area contributed by atoms with Crippen LogP contribution in [0.2, 0.25) is 0 Å². The van der Waals surface area contributed by atoms with Gasteiger partial charge in [-0.25, -0.2) is 4.79 Å². The molecule has 1 saturated heterocycles. The predicted octanol–water partition coefficient (Wildman–Crippen LogP) is 1.38. The lowest BCUT2D eigenvalue weighted by atomic mass is 10.1. The minimum atomic E-state index is -1.20. The minimum absolute atomic E-state index is 0.121. The quantitative estimate of drug-likeness (QED) is 0.771. The summed E-state index contributed by atoms with van der Waals surface area (Å²) in [5.74, 6) is -2.35. The zero-order valence-electron chi connectivity index (χ0n) is 13.2. The third-order valence-electron chi connectivity index (χ3n) is 3.94. The van der Waals surface area contributed by atoms with Gasteiger partial charge in [0.2, 0.25) is 0 Å². The molecule has 0 radical (unpaired) electrons. The minimum Gasteiger partial charge on any atom is -0.481 e. The zero-order valence-corrected chi connectivity index (χ0v) is 13.2. The van der Waals surface area contributed by atoms with Gasteiger partial charge in [0.15, 0.2) is 0 Å². The van der Waals surface area contributed by atoms with E-state index in [1.165, 1.54) is 11.6 Å². The van der Waals surface area contributed by atoms with Crippen LogP contribution in [0.5, 0.6) is 0 Å². The van der Waals surface area contributed by atoms with Gasteiger partial charge in [0, 0.05) is 38.3 Å². The van der Waals surface area contributed by atoms with Crippen LogP contribution in [0.15, 0.2) is 29.8 Å². The molecule has 0 amide bonds. The lowest BCUT2D eigenvalue weighted by molar-refractivity contribution is -0.139. The van der Waals surface area contributed by atoms with Crippen LogP contribution in [-0.4, -0.2) is 65.2 Å². The van der Waals surface area contributed by atoms with Crippen LogP contribution in [0.4, 0.5) is 0 Å². The molecule has 124 valence electrons. The van der Waals surface area contributed by atoms with E-state index in [-0.39, 0.29) is 5.57 Å². The number of hydrogen-bond acceptors (Lipinski definition) is 4. The van der Waals surface area contributed by atoms with E-state index >= 15 is 0 Å². The Bertz CT molecular complexity index is 587. The summed E-state index contributed by atoms with van der Waals surface area (Å²) < 4.78 is 0. The molecular formula is C17H22N2O4. The molecule has 1 fully saturated rings. The van der Waals surface area contributed by atoms with E-state index in [9.17, 15) is 9.59 Å². The monoisotopic (exact) mass is 318 g/mol. The van der Waals surface area contributed by atoms with Crippen molar-refractivity contribution in [2.45, 2.75) is 13.0 Å². The standard InChI is InChI=1S/C17H22N2O4/c1-18-6-8-19(9-7-18)12-14-4-2-13(3-5-14)10-15(17(22)23)11-16(20)21/h2-5,10H,6-9,11-12H2,1H3,(H,20,21)(H,22,23)/b15-10+. The van der Waals surface area contributed by atoms with Crippen LogP contribution in [0.1, 0.15) is 17.5 Å². The van der Waals surface area contributed by atoms with E-state index in [1.54, 1.807) is 0 Å². The summed E-state index contributed by atoms with van der Waals surface area (Å²) in [4.78, 5) is 26.4. The SMILES string of the molecule is CN1CCN(Cc2ccc(/C=C(\CC(=O)O)C(=O)O)cc2)CC1. The fourth-order valence-corrected chi connectivity index (χ4v) is 2.54. The molecule has 2 N–H and O–H groups in total. The second-order valence-corrected chi connectivity index (χ2v) is 5.87. The van der Waals surface area contributed by atoms with E-state index in [0.717, 1.165) is 32.7 Å². The lowest BCUT2D eigenvalue weighted by Crippen LogP contribution is -2.43. The van der Waals surface area contributed by atoms with Crippen LogP contribution in [-0.2, 0) is 16.1 Å². The highest BCUT2D eigenvalue weighted by molar-refractivity contribution is 5.96. The van der Waals surface area contributed by atoms with Crippen molar-refractivity contribution in [2.75, 3.05) is 33.2 Å². The summed E-state index contributed by atoms with van der Waals surface area (Å²) in [6.07, 6.45) is 0.925. The Kier molecular flexibility index (Phi) is 5.90. The summed E-state index contributed by atoms with van der Waals surface area (Å²) in [5, 5.41) is 17.8. The zero-order chi connectivity index (χ0) is 16.8. The van der Waals surface area contributed by atoms with Gasteiger partial charge in [0.05, 0.1) is 6.42 Å². The van der Waals surface area contributed by atoms with Crippen LogP contribution >= 0.6 is 0 Å². The highest BCUT2D eigenvalue weighted by atomic mass is 16.4. The van der Waals surface area contributed by atoms with E-state index in [1.807, 2.05) is 24.3 Å². The molecule has 0 spiro atoms. The smallest absolute Gasteiger partial charge is 0.332 e. The number of carbonyl (C=O) groups is 2. The van der Waals surface area contributed by atoms with Crippen molar-refractivity contribution < 1.29 is 19.8 Å². The number of carboxylic acid groups (broad SMARTS) is 2. The van der Waals surface area contributed by atoms with Gasteiger partial charge < -0.3 is 15.1 Å². The van der Waals surface area contributed by atoms with Crippen molar-refractivity contribution in [3.05, 3.63) is 41.0 Å². The van der Waals surface area contributed by atoms with E-state index in [2.05, 4.69) is 16.8 Å². The van der Waals surface area contributed by atoms with Gasteiger partial charge in [-0.05, 0) is 24.3 Å². The third kappa shape index (κ3) is 5.50. The molecule has 2 rings (SSSR count). The molecule has 23 heavy (non-hydrogen) atoms. The first kappa shape index (κ1) is 17.2. The Hall–Kier alpha value is -2.18. The number of aliphatic carboxylic acids is 2. The molecule has 0 aliphatic carbocycles. The Balaban J connectivity index is 2.00. The molecule has 0 saturated carbocycles. The largest absolute Gasteiger partial charge is 0.481 e. The average Bonchev–Trinajstić information content (AvgIpc) is 2.50. The number of piperazine rings is 1. The van der Waals surface area contributed by atoms with Crippen molar-refractivity contribution in [3.63, 3.8) is 0 Å². The molecule has 1 aromatic rings. The van der Waals surface area contributed by atoms with E-state index in [0.29, 0.717) is 5.56 Å². The van der Waals surface area contributed by atoms with Crippen molar-refractivity contribution >= 4 is 18.0 Å². The molecule has 0 unspecified atom stereocenters. The maximum atomic E-state index is 11.1. The van der Waals surface area contributed by atoms with Crippen LogP contribution < -0.4 is 0 Å². The van der Waals surface area contributed by atoms with E-state index < -0.39 is 18.4 Å². The molecule has 0 bridgehead atoms. The number of rotatable bonds is 6. The molecule has 1 heterocycles. The van der Waals surface area contributed by atoms with Crippen LogP contribution in [0, 0.1) is 0 Å². The van der Waals surface area contributed by atoms with Gasteiger partial charge in [-0.2, -0.15) is 0 Å². The fraction of sp³-hybridized carbons (Fsp3) is 0.412. The first-order valence-corrected chi connectivity index (χ1v) is 7.59. The second kappa shape index (κ2) is 7.89. The predicted molar refractivity (Wildman–Crippen MR) is 87.1 cm³/mol. The van der Waals surface area contributed by atoms with Crippen LogP contribution in [0.3, 0.4) is 0 Å². The molecule has 6 nitrogen and oxygen atoms in total. The molecule has 1 aromatic carbocycles. The second-order valence-electron chi connectivity index (χ2n) is 5.87. The van der Waals surface area contributed by atoms with Crippen molar-refractivity contribution in [1.82, 2.24) is 9.80 Å². The Morgan fingerprint density at radius 1 is 1.09 bits per heavy atom. The summed E-state index contributed by atoms with van der Waals surface area (Å²) >= 11 is 0. The third-order valence-corrected chi connectivity index (χ3v) is 3.94. The Morgan fingerprint density at radius 3 is 2.22 bits per heavy atom. The van der Waals surface area contributed by atoms with Crippen molar-refractivity contribution in [3.8, 4) is 0 Å². The Labute approximate surface area is 135 Å². The molecular weight excluding hydrogens is 296 g/mol. The first-order valence-electron chi connectivity index (χ1n) is 7.59. The number of hydrogen-bond donors (Lipinski definition) is 2. The highest BCUT2D eigenvalue weighted by Crippen LogP contribution is 2.14. The van der Waals surface area contributed by atoms with Gasteiger partial charge in [-0.1, -0.05) is 24.3 Å². The number of carboxylic acids is 2. The van der Waals surface area contributed by atoms with Gasteiger partial charge in [-0.15, -0.1) is 0 Å². The normalized spacial score (nSPS) is 17.2. The summed E-state index contributed by atoms with van der Waals surface area (Å²) in [7, 11) is 2.12. The molecule has 0 aromatic heterocycles. The lowest BCUT2D eigenvalue weighted by Gasteiger charge is -2.32. The Morgan fingerprint density at radius 2 is 1.70 bits per heavy atom. The number of likely N-dealkylation sites (N-methyl/N-ethyl adjacent to an activating group) is 1. The van der Waals surface area contributed by atoms with Crippen LogP contribution in [0.25, 0.3) is 6.08 Å². The summed E-state index contributed by atoms with van der Waals surface area (Å²) in [6, 6.07) is 7.58. The van der Waals surface area contributed by atoms with Crippen molar-refractivity contribution in [1.29, 1.82) is 0 Å². The molecule has 6 heteroatoms. The maximum absolute atomic E-state index is 11.1. The van der Waals surface area contributed by atoms with Gasteiger partial charge in [0.1, 0.15) is 0 Å². The number of benzene rings is 1. The topological polar surface area (TPSA) is 81.1 Å². The van der Waals surface area contributed by atoms with Crippen molar-refractivity contribution in [2.24, 2.45) is 0 Å². The molecule has 1 aliphatic rings. The van der Waals surface area contributed by atoms with Gasteiger partial charge >= 0.3 is 11.9 Å². The maximum Gasteiger partial charge on any atom is 0.332 e. The molecule has 1 aliphatic heterocycles. The average molecular weight is 318 g/mol. The van der Waals surface area contributed by atoms with Gasteiger partial charge in [0.25, 0.3) is 0 Å². The molecule has 0 atom stereocenters. The fourth-order valence-electron chi connectivity index (χ4n) is 2.54. The number of nitrogens with zero attached hydrogens (tertiary/aromatic N) is 2. The first-order chi connectivity index (χ1) is 10.9. The van der Waals surface area contributed by atoms with Gasteiger partial charge in [-0.3, -0.25) is 9.69 Å². The van der Waals surface area contributed by atoms with E-state index in [4.69, 9.17) is 10.2 Å². The summed E-state index contributed by atoms with van der Waals surface area (Å²) in [5.41, 5.74) is 1.75.